The molecule has 0 amide bonds. The minimum atomic E-state index is 0.166. The number of hydrogen-bond acceptors (Lipinski definition) is 7. The number of thiophene rings is 1. The van der Waals surface area contributed by atoms with Gasteiger partial charge in [-0.3, -0.25) is 4.90 Å². The van der Waals surface area contributed by atoms with E-state index in [9.17, 15) is 0 Å². The van der Waals surface area contributed by atoms with Gasteiger partial charge in [0.2, 0.25) is 0 Å². The second-order valence-corrected chi connectivity index (χ2v) is 10.2. The molecule has 1 N–H and O–H groups in total. The molecule has 1 aromatic carbocycles. The van der Waals surface area contributed by atoms with Crippen molar-refractivity contribution in [1.82, 2.24) is 14.9 Å². The largest absolute Gasteiger partial charge is 0.379 e. The maximum absolute atomic E-state index is 5.90. The van der Waals surface area contributed by atoms with Crippen LogP contribution in [0.4, 0.5) is 11.4 Å². The Hall–Kier alpha value is -2.06. The lowest BCUT2D eigenvalue weighted by atomic mass is 9.82. The molecule has 1 spiro atoms. The molecule has 0 radical (unpaired) electrons. The lowest BCUT2D eigenvalue weighted by molar-refractivity contribution is 0.0963. The highest BCUT2D eigenvalue weighted by Gasteiger charge is 2.51. The molecule has 2 aliphatic heterocycles. The van der Waals surface area contributed by atoms with Gasteiger partial charge in [-0.2, -0.15) is 0 Å². The van der Waals surface area contributed by atoms with Crippen molar-refractivity contribution in [3.05, 3.63) is 46.9 Å². The molecule has 3 aromatic heterocycles. The Morgan fingerprint density at radius 2 is 2.23 bits per heavy atom. The van der Waals surface area contributed by atoms with E-state index in [1.807, 2.05) is 23.0 Å². The van der Waals surface area contributed by atoms with Gasteiger partial charge in [-0.15, -0.1) is 22.7 Å². The fraction of sp³-hybridized carbons (Fsp3) is 0.391. The van der Waals surface area contributed by atoms with E-state index in [-0.39, 0.29) is 5.54 Å². The highest BCUT2D eigenvalue weighted by atomic mass is 32.1. The van der Waals surface area contributed by atoms with Crippen LogP contribution in [0.15, 0.2) is 42.0 Å². The number of rotatable bonds is 4. The number of nitrogens with zero attached hydrogens (tertiary/aromatic N) is 3. The molecular formula is C23H24N4OS2. The average Bonchev–Trinajstić information content (AvgIpc) is 3.55. The van der Waals surface area contributed by atoms with Crippen molar-refractivity contribution < 1.29 is 4.74 Å². The quantitative estimate of drug-likeness (QED) is 0.450. The van der Waals surface area contributed by atoms with Gasteiger partial charge in [0.15, 0.2) is 0 Å². The number of benzene rings is 1. The van der Waals surface area contributed by atoms with Crippen LogP contribution in [0.5, 0.6) is 0 Å². The highest BCUT2D eigenvalue weighted by molar-refractivity contribution is 7.18. The number of pyridine rings is 1. The molecule has 5 heterocycles. The maximum atomic E-state index is 5.90. The Labute approximate surface area is 183 Å². The molecule has 0 saturated carbocycles. The van der Waals surface area contributed by atoms with Crippen molar-refractivity contribution in [2.24, 2.45) is 0 Å². The van der Waals surface area contributed by atoms with Crippen LogP contribution in [0.1, 0.15) is 30.6 Å². The van der Waals surface area contributed by atoms with Crippen LogP contribution in [0.25, 0.3) is 20.4 Å². The number of fused-ring (bicyclic) bond motifs is 2. The molecule has 154 valence electrons. The van der Waals surface area contributed by atoms with Crippen molar-refractivity contribution in [3.8, 4) is 0 Å². The van der Waals surface area contributed by atoms with Crippen molar-refractivity contribution in [2.75, 3.05) is 31.6 Å². The van der Waals surface area contributed by atoms with Crippen molar-refractivity contribution >= 4 is 54.5 Å². The number of ether oxygens (including phenoxy) is 1. The number of nitrogens with one attached hydrogen (secondary N) is 1. The van der Waals surface area contributed by atoms with Crippen LogP contribution in [-0.4, -0.2) is 46.7 Å². The zero-order chi connectivity index (χ0) is 20.1. The molecule has 0 bridgehead atoms. The number of anilines is 2. The van der Waals surface area contributed by atoms with Gasteiger partial charge in [0.05, 0.1) is 33.6 Å². The molecule has 0 aliphatic carbocycles. The lowest BCUT2D eigenvalue weighted by Gasteiger charge is -2.37. The molecule has 7 heteroatoms. The summed E-state index contributed by atoms with van der Waals surface area (Å²) in [5.74, 6) is 0.526. The van der Waals surface area contributed by atoms with E-state index in [2.05, 4.69) is 52.5 Å². The fourth-order valence-electron chi connectivity index (χ4n) is 5.30. The first kappa shape index (κ1) is 18.7. The molecule has 2 fully saturated rings. The summed E-state index contributed by atoms with van der Waals surface area (Å²) >= 11 is 3.52. The number of hydrogen-bond donors (Lipinski definition) is 1. The Kier molecular flexibility index (Phi) is 4.53. The summed E-state index contributed by atoms with van der Waals surface area (Å²) in [6, 6.07) is 10.8. The van der Waals surface area contributed by atoms with Crippen molar-refractivity contribution in [3.63, 3.8) is 0 Å². The highest BCUT2D eigenvalue weighted by Crippen LogP contribution is 2.49. The summed E-state index contributed by atoms with van der Waals surface area (Å²) in [6.07, 6.45) is 4.24. The third-order valence-electron chi connectivity index (χ3n) is 6.79. The first-order valence-corrected chi connectivity index (χ1v) is 12.3. The number of likely N-dealkylation sites (tertiary alicyclic amines) is 1. The Bertz CT molecular complexity index is 1210. The third kappa shape index (κ3) is 2.87. The summed E-state index contributed by atoms with van der Waals surface area (Å²) in [5, 5.41) is 4.82. The zero-order valence-electron chi connectivity index (χ0n) is 16.9. The molecule has 5 nitrogen and oxygen atoms in total. The molecule has 2 saturated heterocycles. The second kappa shape index (κ2) is 7.27. The molecule has 2 atom stereocenters. The minimum Gasteiger partial charge on any atom is -0.379 e. The summed E-state index contributed by atoms with van der Waals surface area (Å²) in [7, 11) is 0. The summed E-state index contributed by atoms with van der Waals surface area (Å²) in [6.45, 7) is 6.25. The van der Waals surface area contributed by atoms with Crippen molar-refractivity contribution in [1.29, 1.82) is 0 Å². The van der Waals surface area contributed by atoms with E-state index >= 15 is 0 Å². The molecule has 30 heavy (non-hydrogen) atoms. The first-order chi connectivity index (χ1) is 14.8. The van der Waals surface area contributed by atoms with Gasteiger partial charge in [-0.25, -0.2) is 9.97 Å². The molecule has 6 rings (SSSR count). The van der Waals surface area contributed by atoms with E-state index in [0.717, 1.165) is 54.4 Å². The van der Waals surface area contributed by atoms with Gasteiger partial charge >= 0.3 is 0 Å². The van der Waals surface area contributed by atoms with Gasteiger partial charge in [0, 0.05) is 34.7 Å². The van der Waals surface area contributed by atoms with Crippen LogP contribution >= 0.6 is 22.7 Å². The van der Waals surface area contributed by atoms with Gasteiger partial charge < -0.3 is 10.1 Å². The van der Waals surface area contributed by atoms with Crippen molar-refractivity contribution in [2.45, 2.75) is 31.2 Å². The predicted octanol–water partition coefficient (Wildman–Crippen LogP) is 5.62. The van der Waals surface area contributed by atoms with Gasteiger partial charge in [0.25, 0.3) is 0 Å². The predicted molar refractivity (Wildman–Crippen MR) is 125 cm³/mol. The topological polar surface area (TPSA) is 50.3 Å². The number of thiazole rings is 1. The van der Waals surface area contributed by atoms with Gasteiger partial charge in [-0.1, -0.05) is 6.92 Å². The third-order valence-corrected chi connectivity index (χ3v) is 8.75. The number of aromatic nitrogens is 2. The smallest absolute Gasteiger partial charge is 0.125 e. The monoisotopic (exact) mass is 436 g/mol. The Morgan fingerprint density at radius 1 is 1.27 bits per heavy atom. The molecular weight excluding hydrogens is 412 g/mol. The van der Waals surface area contributed by atoms with Crippen LogP contribution in [0.3, 0.4) is 0 Å². The molecule has 0 unspecified atom stereocenters. The molecule has 2 aliphatic rings. The minimum absolute atomic E-state index is 0.166. The van der Waals surface area contributed by atoms with Gasteiger partial charge in [0.1, 0.15) is 4.83 Å². The van der Waals surface area contributed by atoms with E-state index in [4.69, 9.17) is 9.72 Å². The summed E-state index contributed by atoms with van der Waals surface area (Å²) in [5.41, 5.74) is 5.27. The average molecular weight is 437 g/mol. The van der Waals surface area contributed by atoms with Gasteiger partial charge in [-0.05, 0) is 56.3 Å². The summed E-state index contributed by atoms with van der Waals surface area (Å²) in [4.78, 5) is 14.3. The fourth-order valence-corrected chi connectivity index (χ4v) is 7.23. The van der Waals surface area contributed by atoms with E-state index < -0.39 is 0 Å². The Balaban J connectivity index is 1.37. The summed E-state index contributed by atoms with van der Waals surface area (Å²) < 4.78 is 7.11. The first-order valence-electron chi connectivity index (χ1n) is 10.6. The van der Waals surface area contributed by atoms with E-state index in [1.54, 1.807) is 11.3 Å². The maximum Gasteiger partial charge on any atom is 0.125 e. The lowest BCUT2D eigenvalue weighted by Crippen LogP contribution is -2.47. The van der Waals surface area contributed by atoms with Crippen LogP contribution < -0.4 is 5.32 Å². The van der Waals surface area contributed by atoms with E-state index in [1.165, 1.54) is 21.4 Å². The van der Waals surface area contributed by atoms with Crippen LogP contribution in [0, 0.1) is 0 Å². The van der Waals surface area contributed by atoms with E-state index in [0.29, 0.717) is 5.92 Å². The second-order valence-electron chi connectivity index (χ2n) is 8.21. The zero-order valence-corrected chi connectivity index (χ0v) is 18.6. The normalized spacial score (nSPS) is 24.5. The van der Waals surface area contributed by atoms with Crippen LogP contribution in [-0.2, 0) is 4.74 Å². The SMILES string of the molecule is CCN1CC[C@@H](c2cc3c(Nc4ccc5scnc5c4)ccnc3s2)[C@@]12CCOC2. The molecule has 4 aromatic rings. The Morgan fingerprint density at radius 3 is 3.10 bits per heavy atom. The standard InChI is InChI=1S/C23H24N4OS2/c1-2-27-9-6-17(23(27)7-10-28-13-23)21-12-16-18(5-8-24-22(16)30-21)26-15-3-4-20-19(11-15)25-14-29-20/h3-5,8,11-12,14,17H,2,6-7,9-10,13H2,1H3,(H,24,26)/t17-,23-/m0/s1. The van der Waals surface area contributed by atoms with Crippen LogP contribution in [0.2, 0.25) is 0 Å². The number of likely N-dealkylation sites (N-methyl/N-ethyl adjacent to an activating group) is 1.